The van der Waals surface area contributed by atoms with Crippen molar-refractivity contribution in [3.05, 3.63) is 15.6 Å². The number of hydrogen-bond acceptors (Lipinski definition) is 3. The van der Waals surface area contributed by atoms with E-state index in [-0.39, 0.29) is 0 Å². The van der Waals surface area contributed by atoms with Crippen molar-refractivity contribution in [2.45, 2.75) is 0 Å². The number of nitrogens with zero attached hydrogens (tertiary/aromatic N) is 1. The minimum atomic E-state index is 0.456. The molecule has 5 heteroatoms. The first kappa shape index (κ1) is 5.58. The summed E-state index contributed by atoms with van der Waals surface area (Å²) in [5, 5.41) is 6.13. The lowest BCUT2D eigenvalue weighted by Crippen LogP contribution is -1.83. The molecular weight excluding hydrogens is 142 g/mol. The Morgan fingerprint density at radius 1 is 1.50 bits per heavy atom. The van der Waals surface area contributed by atoms with Crippen molar-refractivity contribution in [2.75, 3.05) is 0 Å². The van der Waals surface area contributed by atoms with E-state index in [1.54, 1.807) is 0 Å². The molecule has 1 rings (SSSR count). The van der Waals surface area contributed by atoms with Gasteiger partial charge in [-0.1, -0.05) is 12.2 Å². The lowest BCUT2D eigenvalue weighted by Gasteiger charge is -1.80. The predicted octanol–water partition coefficient (Wildman–Crippen LogP) is 1.20. The Labute approximate surface area is 55.8 Å². The zero-order chi connectivity index (χ0) is 5.98. The fourth-order valence-corrected chi connectivity index (χ4v) is 0.704. The van der Waals surface area contributed by atoms with Crippen molar-refractivity contribution < 1.29 is 0 Å². The molecule has 0 fully saturated rings. The number of nitrogens with one attached hydrogen (secondary N) is 2. The maximum absolute atomic E-state index is 4.69. The van der Waals surface area contributed by atoms with Gasteiger partial charge in [-0.3, -0.25) is 5.10 Å². The van der Waals surface area contributed by atoms with Gasteiger partial charge in [-0.05, 0) is 12.2 Å². The SMILES string of the molecule is S=c1cn[nH]c(=S)[nH]1. The zero-order valence-corrected chi connectivity index (χ0v) is 5.47. The van der Waals surface area contributed by atoms with Gasteiger partial charge in [-0.25, -0.2) is 0 Å². The van der Waals surface area contributed by atoms with Crippen LogP contribution in [0.5, 0.6) is 0 Å². The molecular formula is C3H3N3S2. The molecule has 0 aliphatic carbocycles. The standard InChI is InChI=1S/C3H3N3S2/c7-2-1-4-6-3(8)5-2/h1H,(H2,5,6,7,8). The third-order valence-electron chi connectivity index (χ3n) is 0.585. The van der Waals surface area contributed by atoms with Crippen LogP contribution in [0.25, 0.3) is 0 Å². The Balaban J connectivity index is 3.50. The van der Waals surface area contributed by atoms with Crippen LogP contribution < -0.4 is 0 Å². The molecule has 1 aromatic heterocycles. The molecule has 0 saturated carbocycles. The molecule has 3 nitrogen and oxygen atoms in total. The van der Waals surface area contributed by atoms with Gasteiger partial charge in [0, 0.05) is 0 Å². The van der Waals surface area contributed by atoms with Gasteiger partial charge in [0.1, 0.15) is 4.64 Å². The first-order valence-corrected chi connectivity index (χ1v) is 2.75. The Morgan fingerprint density at radius 3 is 2.62 bits per heavy atom. The van der Waals surface area contributed by atoms with Gasteiger partial charge in [-0.15, -0.1) is 0 Å². The zero-order valence-electron chi connectivity index (χ0n) is 3.84. The Bertz CT molecular complexity index is 247. The summed E-state index contributed by atoms with van der Waals surface area (Å²) >= 11 is 9.35. The van der Waals surface area contributed by atoms with Crippen molar-refractivity contribution in [1.82, 2.24) is 15.2 Å². The first-order chi connectivity index (χ1) is 3.79. The molecule has 0 saturated heterocycles. The summed E-state index contributed by atoms with van der Waals surface area (Å²) in [7, 11) is 0. The van der Waals surface area contributed by atoms with Crippen LogP contribution in [0.4, 0.5) is 0 Å². The molecule has 0 spiro atoms. The minimum Gasteiger partial charge on any atom is -0.321 e. The van der Waals surface area contributed by atoms with E-state index in [1.807, 2.05) is 0 Å². The van der Waals surface area contributed by atoms with E-state index in [1.165, 1.54) is 6.20 Å². The van der Waals surface area contributed by atoms with Crippen molar-refractivity contribution >= 4 is 24.4 Å². The topological polar surface area (TPSA) is 44.5 Å². The highest BCUT2D eigenvalue weighted by molar-refractivity contribution is 7.72. The van der Waals surface area contributed by atoms with Gasteiger partial charge in [-0.2, -0.15) is 5.10 Å². The van der Waals surface area contributed by atoms with Crippen molar-refractivity contribution in [1.29, 1.82) is 0 Å². The third-order valence-corrected chi connectivity index (χ3v) is 0.985. The lowest BCUT2D eigenvalue weighted by atomic mass is 10.9. The van der Waals surface area contributed by atoms with Crippen LogP contribution in [0, 0.1) is 9.41 Å². The summed E-state index contributed by atoms with van der Waals surface area (Å²) in [5.41, 5.74) is 0. The normalized spacial score (nSPS) is 9.00. The summed E-state index contributed by atoms with van der Waals surface area (Å²) in [4.78, 5) is 2.68. The second-order valence-electron chi connectivity index (χ2n) is 1.19. The molecule has 8 heavy (non-hydrogen) atoms. The average molecular weight is 145 g/mol. The van der Waals surface area contributed by atoms with Gasteiger partial charge in [0.25, 0.3) is 0 Å². The molecule has 0 aromatic carbocycles. The molecule has 42 valence electrons. The molecule has 0 radical (unpaired) electrons. The predicted molar refractivity (Wildman–Crippen MR) is 34.6 cm³/mol. The van der Waals surface area contributed by atoms with Crippen molar-refractivity contribution in [3.8, 4) is 0 Å². The van der Waals surface area contributed by atoms with E-state index in [0.29, 0.717) is 9.41 Å². The Hall–Kier alpha value is -0.550. The van der Waals surface area contributed by atoms with Gasteiger partial charge in [0.05, 0.1) is 6.20 Å². The van der Waals surface area contributed by atoms with Crippen molar-refractivity contribution in [2.24, 2.45) is 0 Å². The smallest absolute Gasteiger partial charge is 0.192 e. The molecule has 0 bridgehead atoms. The van der Waals surface area contributed by atoms with E-state index in [9.17, 15) is 0 Å². The molecule has 2 N–H and O–H groups in total. The number of H-pyrrole nitrogens is 2. The minimum absolute atomic E-state index is 0.456. The summed E-state index contributed by atoms with van der Waals surface area (Å²) < 4.78 is 1.01. The molecule has 0 aliphatic rings. The maximum atomic E-state index is 4.69. The van der Waals surface area contributed by atoms with Crippen molar-refractivity contribution in [3.63, 3.8) is 0 Å². The van der Waals surface area contributed by atoms with Crippen LogP contribution in [0.3, 0.4) is 0 Å². The van der Waals surface area contributed by atoms with E-state index < -0.39 is 0 Å². The molecule has 0 aliphatic heterocycles. The number of aromatic nitrogens is 3. The largest absolute Gasteiger partial charge is 0.321 e. The number of hydrogen-bond donors (Lipinski definition) is 2. The van der Waals surface area contributed by atoms with E-state index >= 15 is 0 Å². The van der Waals surface area contributed by atoms with Crippen LogP contribution in [0.1, 0.15) is 0 Å². The van der Waals surface area contributed by atoms with E-state index in [2.05, 4.69) is 27.4 Å². The lowest BCUT2D eigenvalue weighted by molar-refractivity contribution is 0.939. The molecule has 0 amide bonds. The second-order valence-corrected chi connectivity index (χ2v) is 2.04. The van der Waals surface area contributed by atoms with E-state index in [4.69, 9.17) is 12.2 Å². The van der Waals surface area contributed by atoms with Gasteiger partial charge >= 0.3 is 0 Å². The van der Waals surface area contributed by atoms with Gasteiger partial charge in [0.15, 0.2) is 4.77 Å². The monoisotopic (exact) mass is 145 g/mol. The summed E-state index contributed by atoms with van der Waals surface area (Å²) in [6, 6.07) is 0. The molecule has 0 atom stereocenters. The third kappa shape index (κ3) is 1.21. The fourth-order valence-electron chi connectivity index (χ4n) is 0.322. The van der Waals surface area contributed by atoms with Crippen LogP contribution in [0.2, 0.25) is 0 Å². The molecule has 1 aromatic rings. The molecule has 1 heterocycles. The fraction of sp³-hybridized carbons (Fsp3) is 0. The first-order valence-electron chi connectivity index (χ1n) is 1.93. The number of rotatable bonds is 0. The van der Waals surface area contributed by atoms with Crippen LogP contribution in [-0.2, 0) is 0 Å². The van der Waals surface area contributed by atoms with Gasteiger partial charge < -0.3 is 4.98 Å². The van der Waals surface area contributed by atoms with Crippen LogP contribution in [0.15, 0.2) is 6.20 Å². The van der Waals surface area contributed by atoms with E-state index in [0.717, 1.165) is 0 Å². The highest BCUT2D eigenvalue weighted by Gasteiger charge is 1.72. The number of aromatic amines is 2. The van der Waals surface area contributed by atoms with Crippen LogP contribution in [-0.4, -0.2) is 15.2 Å². The highest BCUT2D eigenvalue weighted by atomic mass is 32.1. The average Bonchev–Trinajstić information content (AvgIpc) is 1.64. The quantitative estimate of drug-likeness (QED) is 0.539. The second kappa shape index (κ2) is 2.15. The Morgan fingerprint density at radius 2 is 2.25 bits per heavy atom. The summed E-state index contributed by atoms with van der Waals surface area (Å²) in [6.45, 7) is 0. The molecule has 0 unspecified atom stereocenters. The summed E-state index contributed by atoms with van der Waals surface area (Å²) in [6.07, 6.45) is 1.49. The maximum Gasteiger partial charge on any atom is 0.192 e. The van der Waals surface area contributed by atoms with Crippen LogP contribution >= 0.6 is 24.4 Å². The van der Waals surface area contributed by atoms with Gasteiger partial charge in [0.2, 0.25) is 0 Å². The Kier molecular flexibility index (Phi) is 1.50. The highest BCUT2D eigenvalue weighted by Crippen LogP contribution is 1.76. The summed E-state index contributed by atoms with van der Waals surface area (Å²) in [5.74, 6) is 0.